The summed E-state index contributed by atoms with van der Waals surface area (Å²) in [6.45, 7) is -3.99. The molecule has 2 atom stereocenters. The van der Waals surface area contributed by atoms with E-state index in [1.807, 2.05) is 0 Å². The largest absolute Gasteiger partial charge is 0.472 e. The number of phosphoric acid groups is 1. The summed E-state index contributed by atoms with van der Waals surface area (Å²) in [4.78, 5) is 21.1. The summed E-state index contributed by atoms with van der Waals surface area (Å²) in [6, 6.07) is 0. The Morgan fingerprint density at radius 3 is 2.31 bits per heavy atom. The number of carbonyl (C=O) groups excluding carboxylic acids is 1. The van der Waals surface area contributed by atoms with E-state index in [1.54, 1.807) is 0 Å². The third-order valence-electron chi connectivity index (χ3n) is 4.42. The second-order valence-electron chi connectivity index (χ2n) is 7.40. The van der Waals surface area contributed by atoms with Crippen LogP contribution in [-0.4, -0.2) is 48.4 Å². The molecule has 32 heavy (non-hydrogen) atoms. The highest BCUT2D eigenvalue weighted by atomic mass is 31.2. The summed E-state index contributed by atoms with van der Waals surface area (Å²) in [6.07, 6.45) is 5.97. The first-order valence-corrected chi connectivity index (χ1v) is 12.9. The smallest absolute Gasteiger partial charge is 0.463 e. The number of phosphoric ester groups is 1. The van der Waals surface area contributed by atoms with Crippen molar-refractivity contribution in [1.29, 1.82) is 0 Å². The number of hydrogen-bond acceptors (Lipinski definition) is 7. The summed E-state index contributed by atoms with van der Waals surface area (Å²) in [7, 11) is -4.29. The Bertz CT molecular complexity index is 755. The molecule has 0 aromatic rings. The Morgan fingerprint density at radius 2 is 1.66 bits per heavy atom. The predicted molar refractivity (Wildman–Crippen MR) is 127 cm³/mol. The first-order chi connectivity index (χ1) is 18.1. The molecule has 1 unspecified atom stereocenters. The minimum absolute atomic E-state index is 0.0423. The molecule has 0 aromatic carbocycles. The molecule has 0 aliphatic carbocycles. The lowest BCUT2D eigenvalue weighted by Crippen LogP contribution is -2.23. The van der Waals surface area contributed by atoms with Crippen molar-refractivity contribution >= 4 is 13.8 Å². The fraction of sp³-hybridized carbons (Fsp3) is 0.870. The summed E-state index contributed by atoms with van der Waals surface area (Å²) in [5, 5.41) is 9.69. The highest BCUT2D eigenvalue weighted by Crippen LogP contribution is 2.42. The normalized spacial score (nSPS) is 19.0. The zero-order chi connectivity index (χ0) is 30.0. The zero-order valence-corrected chi connectivity index (χ0v) is 19.9. The van der Waals surface area contributed by atoms with Crippen LogP contribution in [0.4, 0.5) is 0 Å². The fourth-order valence-electron chi connectivity index (χ4n) is 2.71. The van der Waals surface area contributed by atoms with Crippen LogP contribution in [0.15, 0.2) is 12.2 Å². The van der Waals surface area contributed by atoms with E-state index >= 15 is 0 Å². The van der Waals surface area contributed by atoms with Gasteiger partial charge in [-0.15, -0.1) is 0 Å². The second kappa shape index (κ2) is 22.1. The van der Waals surface area contributed by atoms with Gasteiger partial charge in [0.15, 0.2) is 0 Å². The standard InChI is InChI=1S/C23H46NO7P/c1-2-3-4-5-6-7-8-9-10-11-12-13-14-15-16-17-23(26)29-20-22(25)21-31-32(27,28)30-19-18-24/h9-10,22,25H,2-8,11-21,24H2,1H3,(H,27,28)/b10-9+/t22-/m1/s1/i1D3,2D2,3D2. The summed E-state index contributed by atoms with van der Waals surface area (Å²) >= 11 is 0. The van der Waals surface area contributed by atoms with Gasteiger partial charge in [-0.05, 0) is 32.1 Å². The van der Waals surface area contributed by atoms with Crippen molar-refractivity contribution in [3.63, 3.8) is 0 Å². The van der Waals surface area contributed by atoms with Crippen LogP contribution in [0.5, 0.6) is 0 Å². The summed E-state index contributed by atoms with van der Waals surface area (Å²) < 4.78 is 77.9. The summed E-state index contributed by atoms with van der Waals surface area (Å²) in [5.41, 5.74) is 5.16. The molecule has 0 spiro atoms. The van der Waals surface area contributed by atoms with Crippen molar-refractivity contribution in [3.8, 4) is 0 Å². The maximum atomic E-state index is 11.7. The number of unbranched alkanes of at least 4 members (excludes halogenated alkanes) is 8. The van der Waals surface area contributed by atoms with Crippen molar-refractivity contribution in [2.75, 3.05) is 26.4 Å². The number of aliphatic hydroxyl groups is 1. The molecule has 0 aromatic heterocycles. The van der Waals surface area contributed by atoms with Crippen molar-refractivity contribution in [3.05, 3.63) is 12.2 Å². The predicted octanol–water partition coefficient (Wildman–Crippen LogP) is 5.02. The Labute approximate surface area is 204 Å². The van der Waals surface area contributed by atoms with Gasteiger partial charge in [-0.1, -0.05) is 70.3 Å². The number of rotatable bonds is 23. The Morgan fingerprint density at radius 1 is 1.03 bits per heavy atom. The lowest BCUT2D eigenvalue weighted by molar-refractivity contribution is -0.147. The van der Waals surface area contributed by atoms with E-state index in [9.17, 15) is 19.4 Å². The number of allylic oxidation sites excluding steroid dienone is 2. The third kappa shape index (κ3) is 22.4. The van der Waals surface area contributed by atoms with Crippen LogP contribution < -0.4 is 5.73 Å². The zero-order valence-electron chi connectivity index (χ0n) is 26.0. The van der Waals surface area contributed by atoms with E-state index < -0.39 is 46.1 Å². The first kappa shape index (κ1) is 20.6. The van der Waals surface area contributed by atoms with E-state index in [1.165, 1.54) is 0 Å². The number of esters is 1. The molecule has 0 heterocycles. The molecule has 8 nitrogen and oxygen atoms in total. The quantitative estimate of drug-likeness (QED) is 0.0795. The Hall–Kier alpha value is -0.760. The highest BCUT2D eigenvalue weighted by molar-refractivity contribution is 7.47. The van der Waals surface area contributed by atoms with Gasteiger partial charge in [0.25, 0.3) is 0 Å². The van der Waals surface area contributed by atoms with Gasteiger partial charge in [-0.3, -0.25) is 13.8 Å². The van der Waals surface area contributed by atoms with E-state index in [0.29, 0.717) is 19.3 Å². The average Bonchev–Trinajstić information content (AvgIpc) is 2.84. The monoisotopic (exact) mass is 486 g/mol. The number of aliphatic hydroxyl groups excluding tert-OH is 1. The molecular weight excluding hydrogens is 433 g/mol. The van der Waals surface area contributed by atoms with Gasteiger partial charge in [0.05, 0.1) is 13.2 Å². The third-order valence-corrected chi connectivity index (χ3v) is 5.40. The second-order valence-corrected chi connectivity index (χ2v) is 8.86. The van der Waals surface area contributed by atoms with Crippen molar-refractivity contribution in [2.24, 2.45) is 5.73 Å². The van der Waals surface area contributed by atoms with Crippen molar-refractivity contribution < 1.29 is 42.7 Å². The molecule has 0 aliphatic heterocycles. The molecule has 9 heteroatoms. The average molecular weight is 487 g/mol. The molecule has 0 rings (SSSR count). The minimum atomic E-state index is -4.29. The van der Waals surface area contributed by atoms with Gasteiger partial charge in [-0.2, -0.15) is 0 Å². The first-order valence-electron chi connectivity index (χ1n) is 14.9. The SMILES string of the molecule is [2H]C([2H])([2H])C([2H])([2H])C([2H])([2H])CCCCC/C=C/CCCCCCCC(=O)OC[C@@H](O)COP(=O)(O)OCCN. The summed E-state index contributed by atoms with van der Waals surface area (Å²) in [5.74, 6) is -0.462. The van der Waals surface area contributed by atoms with Crippen LogP contribution in [0.3, 0.4) is 0 Å². The molecule has 0 bridgehead atoms. The Kier molecular flexibility index (Phi) is 14.2. The topological polar surface area (TPSA) is 128 Å². The van der Waals surface area contributed by atoms with Crippen molar-refractivity contribution in [1.82, 2.24) is 0 Å². The van der Waals surface area contributed by atoms with Crippen molar-refractivity contribution in [2.45, 2.75) is 103 Å². The van der Waals surface area contributed by atoms with Gasteiger partial charge >= 0.3 is 13.8 Å². The van der Waals surface area contributed by atoms with Crippen LogP contribution >= 0.6 is 7.82 Å². The lowest BCUT2D eigenvalue weighted by atomic mass is 10.1. The molecule has 190 valence electrons. The van der Waals surface area contributed by atoms with Crippen LogP contribution in [0.1, 0.15) is 106 Å². The fourth-order valence-corrected chi connectivity index (χ4v) is 3.48. The van der Waals surface area contributed by atoms with Gasteiger partial charge in [-0.25, -0.2) is 4.57 Å². The van der Waals surface area contributed by atoms with E-state index in [2.05, 4.69) is 21.2 Å². The van der Waals surface area contributed by atoms with Gasteiger partial charge in [0, 0.05) is 22.6 Å². The molecule has 0 saturated heterocycles. The highest BCUT2D eigenvalue weighted by Gasteiger charge is 2.22. The molecule has 0 fully saturated rings. The molecule has 0 radical (unpaired) electrons. The molecule has 4 N–H and O–H groups in total. The number of ether oxygens (including phenoxy) is 1. The van der Waals surface area contributed by atoms with Gasteiger partial charge < -0.3 is 20.5 Å². The maximum Gasteiger partial charge on any atom is 0.472 e. The van der Waals surface area contributed by atoms with E-state index in [0.717, 1.165) is 44.9 Å². The van der Waals surface area contributed by atoms with E-state index in [-0.39, 0.29) is 32.6 Å². The Balaban J connectivity index is 3.71. The minimum Gasteiger partial charge on any atom is -0.463 e. The van der Waals surface area contributed by atoms with Crippen LogP contribution in [0.2, 0.25) is 0 Å². The molecular formula is C23H46NO7P. The number of carbonyl (C=O) groups is 1. The number of hydrogen-bond donors (Lipinski definition) is 3. The maximum absolute atomic E-state index is 11.7. The molecule has 0 saturated carbocycles. The van der Waals surface area contributed by atoms with E-state index in [4.69, 9.17) is 20.1 Å². The van der Waals surface area contributed by atoms with Gasteiger partial charge in [0.1, 0.15) is 12.7 Å². The lowest BCUT2D eigenvalue weighted by Gasteiger charge is -2.15. The molecule has 0 amide bonds. The van der Waals surface area contributed by atoms with Gasteiger partial charge in [0.2, 0.25) is 0 Å². The van der Waals surface area contributed by atoms with Crippen LogP contribution in [0, 0.1) is 0 Å². The molecule has 0 aliphatic rings. The van der Waals surface area contributed by atoms with Crippen LogP contribution in [0.25, 0.3) is 0 Å². The number of nitrogens with two attached hydrogens (primary N) is 1. The van der Waals surface area contributed by atoms with Crippen LogP contribution in [-0.2, 0) is 23.1 Å².